The molecule has 2 rings (SSSR count). The van der Waals surface area contributed by atoms with Crippen molar-refractivity contribution in [3.63, 3.8) is 0 Å². The molecule has 2 aromatic rings. The number of nitriles is 1. The first kappa shape index (κ1) is 17.6. The van der Waals surface area contributed by atoms with Crippen LogP contribution in [-0.2, 0) is 21.4 Å². The van der Waals surface area contributed by atoms with E-state index in [0.29, 0.717) is 11.1 Å². The van der Waals surface area contributed by atoms with Gasteiger partial charge in [0.05, 0.1) is 23.1 Å². The summed E-state index contributed by atoms with van der Waals surface area (Å²) in [4.78, 5) is 11.7. The van der Waals surface area contributed by atoms with Crippen molar-refractivity contribution in [1.82, 2.24) is 10.0 Å². The topological polar surface area (TPSA) is 99.1 Å². The predicted octanol–water partition coefficient (Wildman–Crippen LogP) is 1.29. The fourth-order valence-corrected chi connectivity index (χ4v) is 2.83. The molecule has 0 unspecified atom stereocenters. The summed E-state index contributed by atoms with van der Waals surface area (Å²) in [6.07, 6.45) is 0. The Morgan fingerprint density at radius 3 is 2.42 bits per heavy atom. The molecule has 0 aliphatic carbocycles. The van der Waals surface area contributed by atoms with Gasteiger partial charge in [-0.05, 0) is 30.3 Å². The normalized spacial score (nSPS) is 10.8. The molecule has 0 fully saturated rings. The molecule has 0 aliphatic heterocycles. The highest BCUT2D eigenvalue weighted by molar-refractivity contribution is 7.89. The summed E-state index contributed by atoms with van der Waals surface area (Å²) in [6.45, 7) is -0.513. The maximum Gasteiger partial charge on any atom is 0.241 e. The summed E-state index contributed by atoms with van der Waals surface area (Å²) in [5.41, 5.74) is 0.636. The highest BCUT2D eigenvalue weighted by atomic mass is 32.2. The summed E-state index contributed by atoms with van der Waals surface area (Å²) in [5, 5.41) is 11.1. The largest absolute Gasteiger partial charge is 0.351 e. The molecule has 6 nitrogen and oxygen atoms in total. The van der Waals surface area contributed by atoms with Gasteiger partial charge in [-0.3, -0.25) is 4.79 Å². The van der Waals surface area contributed by atoms with Gasteiger partial charge in [0, 0.05) is 12.1 Å². The number of carbonyl (C=O) groups excluding carboxylic acids is 1. The summed E-state index contributed by atoms with van der Waals surface area (Å²) in [5.74, 6) is -1.04. The molecule has 1 amide bonds. The minimum Gasteiger partial charge on any atom is -0.351 e. The van der Waals surface area contributed by atoms with Crippen LogP contribution in [0.2, 0.25) is 0 Å². The molecular formula is C16H14FN3O3S. The molecule has 8 heteroatoms. The Bertz CT molecular complexity index is 874. The minimum atomic E-state index is -3.87. The van der Waals surface area contributed by atoms with Crippen LogP contribution in [0.15, 0.2) is 53.4 Å². The van der Waals surface area contributed by atoms with Crippen LogP contribution < -0.4 is 10.0 Å². The molecule has 0 saturated heterocycles. The molecule has 0 saturated carbocycles. The number of nitrogens with one attached hydrogen (secondary N) is 2. The number of nitrogens with zero attached hydrogens (tertiary/aromatic N) is 1. The highest BCUT2D eigenvalue weighted by Crippen LogP contribution is 2.09. The van der Waals surface area contributed by atoms with Crippen LogP contribution in [0, 0.1) is 17.1 Å². The lowest BCUT2D eigenvalue weighted by Crippen LogP contribution is -2.36. The molecule has 24 heavy (non-hydrogen) atoms. The zero-order valence-corrected chi connectivity index (χ0v) is 13.3. The third kappa shape index (κ3) is 4.62. The van der Waals surface area contributed by atoms with Crippen LogP contribution in [0.5, 0.6) is 0 Å². The van der Waals surface area contributed by atoms with E-state index in [-0.39, 0.29) is 11.4 Å². The van der Waals surface area contributed by atoms with E-state index in [0.717, 1.165) is 0 Å². The van der Waals surface area contributed by atoms with Crippen LogP contribution in [0.3, 0.4) is 0 Å². The number of hydrogen-bond donors (Lipinski definition) is 2. The van der Waals surface area contributed by atoms with Gasteiger partial charge >= 0.3 is 0 Å². The van der Waals surface area contributed by atoms with E-state index < -0.39 is 28.3 Å². The van der Waals surface area contributed by atoms with Crippen molar-refractivity contribution in [3.8, 4) is 6.07 Å². The fraction of sp³-hybridized carbons (Fsp3) is 0.125. The van der Waals surface area contributed by atoms with E-state index in [4.69, 9.17) is 5.26 Å². The summed E-state index contributed by atoms with van der Waals surface area (Å²) in [6, 6.07) is 13.1. The molecule has 0 aliphatic rings. The zero-order chi connectivity index (χ0) is 17.6. The Hall–Kier alpha value is -2.76. The molecule has 124 valence electrons. The number of sulfonamides is 1. The highest BCUT2D eigenvalue weighted by Gasteiger charge is 2.15. The second-order valence-corrected chi connectivity index (χ2v) is 6.60. The first-order valence-corrected chi connectivity index (χ1v) is 8.40. The van der Waals surface area contributed by atoms with Crippen LogP contribution >= 0.6 is 0 Å². The van der Waals surface area contributed by atoms with Crippen LogP contribution in [-0.4, -0.2) is 20.9 Å². The average molecular weight is 347 g/mol. The van der Waals surface area contributed by atoms with Gasteiger partial charge in [0.15, 0.2) is 0 Å². The first-order valence-electron chi connectivity index (χ1n) is 6.92. The number of amides is 1. The quantitative estimate of drug-likeness (QED) is 0.822. The predicted molar refractivity (Wildman–Crippen MR) is 84.6 cm³/mol. The lowest BCUT2D eigenvalue weighted by atomic mass is 10.2. The first-order chi connectivity index (χ1) is 11.4. The molecule has 0 atom stereocenters. The molecule has 2 N–H and O–H groups in total. The molecule has 0 heterocycles. The SMILES string of the molecule is N#Cc1ccc(S(=O)(=O)NCC(=O)NCc2ccccc2F)cc1. The smallest absolute Gasteiger partial charge is 0.241 e. The average Bonchev–Trinajstić information content (AvgIpc) is 2.59. The summed E-state index contributed by atoms with van der Waals surface area (Å²) in [7, 11) is -3.87. The van der Waals surface area contributed by atoms with Gasteiger partial charge in [-0.2, -0.15) is 5.26 Å². The van der Waals surface area contributed by atoms with Crippen molar-refractivity contribution >= 4 is 15.9 Å². The molecule has 0 bridgehead atoms. The third-order valence-electron chi connectivity index (χ3n) is 3.15. The van der Waals surface area contributed by atoms with Gasteiger partial charge in [0.1, 0.15) is 5.82 Å². The monoisotopic (exact) mass is 347 g/mol. The molecule has 0 spiro atoms. The van der Waals surface area contributed by atoms with Gasteiger partial charge in [-0.1, -0.05) is 18.2 Å². The van der Waals surface area contributed by atoms with Crippen LogP contribution in [0.4, 0.5) is 4.39 Å². The van der Waals surface area contributed by atoms with Crippen LogP contribution in [0.1, 0.15) is 11.1 Å². The minimum absolute atomic E-state index is 0.0376. The van der Waals surface area contributed by atoms with Gasteiger partial charge in [-0.15, -0.1) is 0 Å². The van der Waals surface area contributed by atoms with E-state index >= 15 is 0 Å². The van der Waals surface area contributed by atoms with E-state index in [1.165, 1.54) is 42.5 Å². The second-order valence-electron chi connectivity index (χ2n) is 4.83. The van der Waals surface area contributed by atoms with E-state index in [9.17, 15) is 17.6 Å². The van der Waals surface area contributed by atoms with Crippen molar-refractivity contribution in [3.05, 3.63) is 65.5 Å². The van der Waals surface area contributed by atoms with Crippen molar-refractivity contribution in [2.24, 2.45) is 0 Å². The maximum absolute atomic E-state index is 13.4. The Balaban J connectivity index is 1.90. The fourth-order valence-electron chi connectivity index (χ4n) is 1.85. The van der Waals surface area contributed by atoms with Crippen molar-refractivity contribution in [2.75, 3.05) is 6.54 Å². The van der Waals surface area contributed by atoms with Crippen molar-refractivity contribution < 1.29 is 17.6 Å². The molecule has 0 radical (unpaired) electrons. The van der Waals surface area contributed by atoms with E-state index in [2.05, 4.69) is 10.0 Å². The molecule has 2 aromatic carbocycles. The van der Waals surface area contributed by atoms with Gasteiger partial charge in [0.2, 0.25) is 15.9 Å². The van der Waals surface area contributed by atoms with Gasteiger partial charge in [-0.25, -0.2) is 17.5 Å². The zero-order valence-electron chi connectivity index (χ0n) is 12.5. The lowest BCUT2D eigenvalue weighted by Gasteiger charge is -2.08. The number of hydrogen-bond acceptors (Lipinski definition) is 4. The van der Waals surface area contributed by atoms with E-state index in [1.807, 2.05) is 6.07 Å². The summed E-state index contributed by atoms with van der Waals surface area (Å²) >= 11 is 0. The lowest BCUT2D eigenvalue weighted by molar-refractivity contribution is -0.120. The number of halogens is 1. The third-order valence-corrected chi connectivity index (χ3v) is 4.57. The summed E-state index contributed by atoms with van der Waals surface area (Å²) < 4.78 is 39.6. The van der Waals surface area contributed by atoms with Crippen molar-refractivity contribution in [2.45, 2.75) is 11.4 Å². The maximum atomic E-state index is 13.4. The molecular weight excluding hydrogens is 333 g/mol. The Labute approximate surface area is 139 Å². The van der Waals surface area contributed by atoms with Gasteiger partial charge in [0.25, 0.3) is 0 Å². The van der Waals surface area contributed by atoms with Gasteiger partial charge < -0.3 is 5.32 Å². The van der Waals surface area contributed by atoms with E-state index in [1.54, 1.807) is 6.07 Å². The molecule has 0 aromatic heterocycles. The van der Waals surface area contributed by atoms with Crippen LogP contribution in [0.25, 0.3) is 0 Å². The Morgan fingerprint density at radius 1 is 1.12 bits per heavy atom. The van der Waals surface area contributed by atoms with Crippen molar-refractivity contribution in [1.29, 1.82) is 5.26 Å². The number of carbonyl (C=O) groups is 1. The number of rotatable bonds is 6. The Kier molecular flexibility index (Phi) is 5.63. The Morgan fingerprint density at radius 2 is 1.79 bits per heavy atom. The standard InChI is InChI=1S/C16H14FN3O3S/c17-15-4-2-1-3-13(15)10-19-16(21)11-20-24(22,23)14-7-5-12(9-18)6-8-14/h1-8,20H,10-11H2,(H,19,21). The number of benzene rings is 2. The second kappa shape index (κ2) is 7.68.